The van der Waals surface area contributed by atoms with E-state index in [-0.39, 0.29) is 17.1 Å². The molecule has 0 bridgehead atoms. The number of nitrogens with one attached hydrogen (secondary N) is 2. The highest BCUT2D eigenvalue weighted by Crippen LogP contribution is 2.12. The Bertz CT molecular complexity index is 1040. The number of halogens is 1. The lowest BCUT2D eigenvalue weighted by molar-refractivity contribution is 0.627. The van der Waals surface area contributed by atoms with E-state index in [0.717, 1.165) is 17.5 Å². The second kappa shape index (κ2) is 7.40. The molecule has 9 nitrogen and oxygen atoms in total. The molecule has 2 N–H and O–H groups in total. The highest BCUT2D eigenvalue weighted by atomic mass is 19.1. The highest BCUT2D eigenvalue weighted by molar-refractivity contribution is 5.71. The summed E-state index contributed by atoms with van der Waals surface area (Å²) in [6.07, 6.45) is 0.838. The average molecular weight is 359 g/mol. The van der Waals surface area contributed by atoms with Crippen molar-refractivity contribution in [2.24, 2.45) is 7.05 Å². The Morgan fingerprint density at radius 1 is 1.12 bits per heavy atom. The molecule has 0 radical (unpaired) electrons. The van der Waals surface area contributed by atoms with E-state index >= 15 is 0 Å². The zero-order valence-corrected chi connectivity index (χ0v) is 14.4. The summed E-state index contributed by atoms with van der Waals surface area (Å²) in [4.78, 5) is 29.2. The van der Waals surface area contributed by atoms with Gasteiger partial charge in [0.1, 0.15) is 5.82 Å². The minimum Gasteiger partial charge on any atom is -0.353 e. The van der Waals surface area contributed by atoms with Gasteiger partial charge in [0.15, 0.2) is 11.2 Å². The normalized spacial score (nSPS) is 11.0. The van der Waals surface area contributed by atoms with E-state index in [2.05, 4.69) is 25.8 Å². The smallest absolute Gasteiger partial charge is 0.337 e. The third-order valence-electron chi connectivity index (χ3n) is 3.84. The third-order valence-corrected chi connectivity index (χ3v) is 3.84. The van der Waals surface area contributed by atoms with Crippen molar-refractivity contribution < 1.29 is 4.39 Å². The van der Waals surface area contributed by atoms with Crippen LogP contribution in [0.15, 0.2) is 33.9 Å². The Hall–Kier alpha value is -3.14. The molecule has 0 aliphatic heterocycles. The van der Waals surface area contributed by atoms with Gasteiger partial charge in [-0.25, -0.2) is 18.7 Å². The lowest BCUT2D eigenvalue weighted by Crippen LogP contribution is -2.38. The Kier molecular flexibility index (Phi) is 5.03. The van der Waals surface area contributed by atoms with Crippen molar-refractivity contribution in [3.05, 3.63) is 50.9 Å². The van der Waals surface area contributed by atoms with Gasteiger partial charge in [-0.3, -0.25) is 9.36 Å². The fourth-order valence-corrected chi connectivity index (χ4v) is 2.46. The van der Waals surface area contributed by atoms with Gasteiger partial charge in [0.2, 0.25) is 5.95 Å². The molecule has 3 aromatic rings. The van der Waals surface area contributed by atoms with Gasteiger partial charge < -0.3 is 10.6 Å². The number of fused-ring (bicyclic) bond motifs is 1. The van der Waals surface area contributed by atoms with E-state index < -0.39 is 17.1 Å². The monoisotopic (exact) mass is 359 g/mol. The van der Waals surface area contributed by atoms with Gasteiger partial charge in [-0.05, 0) is 44.3 Å². The Morgan fingerprint density at radius 2 is 1.85 bits per heavy atom. The highest BCUT2D eigenvalue weighted by Gasteiger charge is 2.16. The second-order valence-electron chi connectivity index (χ2n) is 5.65. The summed E-state index contributed by atoms with van der Waals surface area (Å²) in [5, 5.41) is 14.0. The maximum Gasteiger partial charge on any atom is 0.337 e. The van der Waals surface area contributed by atoms with Crippen LogP contribution in [-0.2, 0) is 7.05 Å². The Morgan fingerprint density at radius 3 is 2.54 bits per heavy atom. The molecule has 0 amide bonds. The molecule has 0 aliphatic carbocycles. The van der Waals surface area contributed by atoms with E-state index in [1.54, 1.807) is 0 Å². The minimum atomic E-state index is -0.611. The van der Waals surface area contributed by atoms with Crippen molar-refractivity contribution in [1.29, 1.82) is 0 Å². The molecule has 1 aromatic carbocycles. The third kappa shape index (κ3) is 3.31. The van der Waals surface area contributed by atoms with E-state index in [1.165, 1.54) is 35.9 Å². The van der Waals surface area contributed by atoms with Crippen molar-refractivity contribution in [3.8, 4) is 5.69 Å². The van der Waals surface area contributed by atoms with Crippen LogP contribution in [0.3, 0.4) is 0 Å². The average Bonchev–Trinajstić information content (AvgIpc) is 2.65. The lowest BCUT2D eigenvalue weighted by Gasteiger charge is -2.11. The minimum absolute atomic E-state index is 0.00235. The standard InChI is InChI=1S/C16H18FN7O2/c1-18-8-3-9-19-15-20-12-13(21-22-15)24(16(26)23(2)14(12)25)11-6-4-10(17)5-7-11/h4-7,18H,3,8-9H2,1-2H3,(H,19,20,22). The first-order valence-corrected chi connectivity index (χ1v) is 8.04. The van der Waals surface area contributed by atoms with Gasteiger partial charge in [-0.15, -0.1) is 10.2 Å². The van der Waals surface area contributed by atoms with Crippen LogP contribution in [0.25, 0.3) is 16.9 Å². The van der Waals surface area contributed by atoms with Gasteiger partial charge >= 0.3 is 5.69 Å². The Balaban J connectivity index is 2.12. The van der Waals surface area contributed by atoms with Crippen LogP contribution in [-0.4, -0.2) is 44.5 Å². The van der Waals surface area contributed by atoms with Crippen molar-refractivity contribution in [2.75, 3.05) is 25.5 Å². The number of nitrogens with zero attached hydrogens (tertiary/aromatic N) is 5. The van der Waals surface area contributed by atoms with Crippen LogP contribution < -0.4 is 21.9 Å². The van der Waals surface area contributed by atoms with Crippen LogP contribution in [0.4, 0.5) is 10.3 Å². The second-order valence-corrected chi connectivity index (χ2v) is 5.65. The zero-order chi connectivity index (χ0) is 18.7. The predicted molar refractivity (Wildman–Crippen MR) is 95.2 cm³/mol. The van der Waals surface area contributed by atoms with E-state index in [0.29, 0.717) is 12.2 Å². The predicted octanol–water partition coefficient (Wildman–Crippen LogP) is 0.0349. The molecule has 0 saturated carbocycles. The van der Waals surface area contributed by atoms with Crippen molar-refractivity contribution >= 4 is 17.1 Å². The summed E-state index contributed by atoms with van der Waals surface area (Å²) in [7, 11) is 3.21. The molecule has 0 unspecified atom stereocenters. The number of rotatable bonds is 6. The molecule has 3 rings (SSSR count). The zero-order valence-electron chi connectivity index (χ0n) is 14.4. The molecular weight excluding hydrogens is 341 g/mol. The summed E-state index contributed by atoms with van der Waals surface area (Å²) < 4.78 is 15.3. The van der Waals surface area contributed by atoms with Gasteiger partial charge in [0.25, 0.3) is 5.56 Å². The maximum absolute atomic E-state index is 13.2. The Labute approximate surface area is 147 Å². The molecular formula is C16H18FN7O2. The maximum atomic E-state index is 13.2. The fraction of sp³-hybridized carbons (Fsp3) is 0.312. The molecule has 136 valence electrons. The van der Waals surface area contributed by atoms with Crippen LogP contribution in [0, 0.1) is 5.82 Å². The number of anilines is 1. The SMILES string of the molecule is CNCCCNc1nnc2c(n1)c(=O)n(C)c(=O)n2-c1ccc(F)cc1. The van der Waals surface area contributed by atoms with Gasteiger partial charge in [-0.1, -0.05) is 0 Å². The molecule has 2 aromatic heterocycles. The number of hydrogen-bond donors (Lipinski definition) is 2. The lowest BCUT2D eigenvalue weighted by atomic mass is 10.3. The summed E-state index contributed by atoms with van der Waals surface area (Å²) in [5.74, 6) is -0.233. The van der Waals surface area contributed by atoms with E-state index in [9.17, 15) is 14.0 Å². The summed E-state index contributed by atoms with van der Waals surface area (Å²) >= 11 is 0. The summed E-state index contributed by atoms with van der Waals surface area (Å²) in [5.41, 5.74) is -0.799. The summed E-state index contributed by atoms with van der Waals surface area (Å²) in [6.45, 7) is 1.42. The molecule has 26 heavy (non-hydrogen) atoms. The van der Waals surface area contributed by atoms with Gasteiger partial charge in [0, 0.05) is 13.6 Å². The molecule has 2 heterocycles. The van der Waals surface area contributed by atoms with Crippen LogP contribution in [0.5, 0.6) is 0 Å². The largest absolute Gasteiger partial charge is 0.353 e. The topological polar surface area (TPSA) is 107 Å². The summed E-state index contributed by atoms with van der Waals surface area (Å²) in [6, 6.07) is 5.28. The number of hydrogen-bond acceptors (Lipinski definition) is 7. The molecule has 0 saturated heterocycles. The van der Waals surface area contributed by atoms with Crippen molar-refractivity contribution in [3.63, 3.8) is 0 Å². The fourth-order valence-electron chi connectivity index (χ4n) is 2.46. The molecule has 0 spiro atoms. The first-order chi connectivity index (χ1) is 12.5. The molecule has 10 heteroatoms. The van der Waals surface area contributed by atoms with Gasteiger partial charge in [0.05, 0.1) is 5.69 Å². The van der Waals surface area contributed by atoms with Crippen molar-refractivity contribution in [2.45, 2.75) is 6.42 Å². The first-order valence-electron chi connectivity index (χ1n) is 8.04. The van der Waals surface area contributed by atoms with Gasteiger partial charge in [-0.2, -0.15) is 0 Å². The quantitative estimate of drug-likeness (QED) is 0.598. The molecule has 0 aliphatic rings. The van der Waals surface area contributed by atoms with E-state index in [4.69, 9.17) is 0 Å². The number of aromatic nitrogens is 5. The van der Waals surface area contributed by atoms with Crippen LogP contribution in [0.2, 0.25) is 0 Å². The van der Waals surface area contributed by atoms with Crippen LogP contribution in [0.1, 0.15) is 6.42 Å². The van der Waals surface area contributed by atoms with Crippen LogP contribution >= 0.6 is 0 Å². The number of benzene rings is 1. The molecule has 0 fully saturated rings. The molecule has 0 atom stereocenters. The van der Waals surface area contributed by atoms with E-state index in [1.807, 2.05) is 7.05 Å². The first kappa shape index (κ1) is 17.7. The van der Waals surface area contributed by atoms with Crippen molar-refractivity contribution in [1.82, 2.24) is 29.6 Å².